The van der Waals surface area contributed by atoms with Gasteiger partial charge >= 0.3 is 0 Å². The lowest BCUT2D eigenvalue weighted by Gasteiger charge is -2.10. The third-order valence-corrected chi connectivity index (χ3v) is 3.08. The third-order valence-electron chi connectivity index (χ3n) is 2.77. The zero-order chi connectivity index (χ0) is 11.8. The molecular weight excluding hydrogens is 229 g/mol. The number of anilines is 1. The summed E-state index contributed by atoms with van der Waals surface area (Å²) in [5.74, 6) is -0.101. The first-order valence-electron chi connectivity index (χ1n) is 5.34. The Morgan fingerprint density at radius 1 is 1.56 bits per heavy atom. The quantitative estimate of drug-likeness (QED) is 0.860. The van der Waals surface area contributed by atoms with Crippen molar-refractivity contribution in [2.45, 2.75) is 31.9 Å². The summed E-state index contributed by atoms with van der Waals surface area (Å²) in [4.78, 5) is 11.2. The normalized spacial score (nSPS) is 16.9. The molecule has 86 valence electrons. The molecule has 1 N–H and O–H groups in total. The van der Waals surface area contributed by atoms with Crippen LogP contribution in [-0.2, 0) is 10.5 Å². The van der Waals surface area contributed by atoms with E-state index in [0.29, 0.717) is 35.5 Å². The Morgan fingerprint density at radius 2 is 2.25 bits per heavy atom. The summed E-state index contributed by atoms with van der Waals surface area (Å²) in [5.41, 5.74) is -0.0368. The van der Waals surface area contributed by atoms with Gasteiger partial charge in [0.1, 0.15) is 5.67 Å². The molecule has 0 spiro atoms. The zero-order valence-corrected chi connectivity index (χ0v) is 9.77. The van der Waals surface area contributed by atoms with Crippen molar-refractivity contribution in [2.75, 3.05) is 5.32 Å². The Bertz CT molecular complexity index is 429. The number of carbonyl (C=O) groups is 1. The highest BCUT2D eigenvalue weighted by atomic mass is 35.5. The van der Waals surface area contributed by atoms with E-state index in [1.165, 1.54) is 0 Å². The van der Waals surface area contributed by atoms with E-state index < -0.39 is 5.67 Å². The molecule has 0 bridgehead atoms. The van der Waals surface area contributed by atoms with Crippen molar-refractivity contribution in [1.29, 1.82) is 0 Å². The maximum atomic E-state index is 13.7. The van der Waals surface area contributed by atoms with Crippen LogP contribution in [0.15, 0.2) is 18.2 Å². The number of halogens is 2. The lowest BCUT2D eigenvalue weighted by molar-refractivity contribution is -0.115. The first-order chi connectivity index (χ1) is 7.55. The average molecular weight is 242 g/mol. The van der Waals surface area contributed by atoms with E-state index in [2.05, 4.69) is 5.32 Å². The summed E-state index contributed by atoms with van der Waals surface area (Å²) < 4.78 is 13.7. The fourth-order valence-corrected chi connectivity index (χ4v) is 1.76. The molecule has 16 heavy (non-hydrogen) atoms. The summed E-state index contributed by atoms with van der Waals surface area (Å²) in [7, 11) is 0. The van der Waals surface area contributed by atoms with E-state index in [-0.39, 0.29) is 5.91 Å². The molecule has 1 fully saturated rings. The van der Waals surface area contributed by atoms with Crippen molar-refractivity contribution < 1.29 is 9.18 Å². The van der Waals surface area contributed by atoms with Crippen LogP contribution in [-0.4, -0.2) is 5.91 Å². The van der Waals surface area contributed by atoms with Gasteiger partial charge in [-0.3, -0.25) is 4.79 Å². The Kier molecular flexibility index (Phi) is 2.89. The van der Waals surface area contributed by atoms with Crippen LogP contribution in [0.1, 0.15) is 31.7 Å². The van der Waals surface area contributed by atoms with E-state index in [0.717, 1.165) is 0 Å². The zero-order valence-electron chi connectivity index (χ0n) is 9.02. The minimum atomic E-state index is -1.18. The van der Waals surface area contributed by atoms with Crippen molar-refractivity contribution >= 4 is 23.2 Å². The molecule has 1 aromatic rings. The molecule has 4 heteroatoms. The highest BCUT2D eigenvalue weighted by Gasteiger charge is 2.45. The highest BCUT2D eigenvalue weighted by Crippen LogP contribution is 2.50. The number of hydrogen-bond donors (Lipinski definition) is 1. The summed E-state index contributed by atoms with van der Waals surface area (Å²) >= 11 is 5.98. The van der Waals surface area contributed by atoms with Gasteiger partial charge in [0.25, 0.3) is 0 Å². The van der Waals surface area contributed by atoms with E-state index in [4.69, 9.17) is 11.6 Å². The predicted octanol–water partition coefficient (Wildman–Crippen LogP) is 3.65. The smallest absolute Gasteiger partial charge is 0.224 e. The van der Waals surface area contributed by atoms with Crippen LogP contribution < -0.4 is 5.32 Å². The minimum absolute atomic E-state index is 0.101. The minimum Gasteiger partial charge on any atom is -0.325 e. The predicted molar refractivity (Wildman–Crippen MR) is 62.4 cm³/mol. The molecule has 0 saturated heterocycles. The third kappa shape index (κ3) is 2.19. The fourth-order valence-electron chi connectivity index (χ4n) is 1.53. The molecule has 2 rings (SSSR count). The van der Waals surface area contributed by atoms with Gasteiger partial charge < -0.3 is 5.32 Å². The van der Waals surface area contributed by atoms with Crippen molar-refractivity contribution in [3.05, 3.63) is 28.8 Å². The maximum absolute atomic E-state index is 13.7. The molecule has 0 radical (unpaired) electrons. The largest absolute Gasteiger partial charge is 0.325 e. The van der Waals surface area contributed by atoms with Crippen molar-refractivity contribution in [1.82, 2.24) is 0 Å². The van der Waals surface area contributed by atoms with Gasteiger partial charge in [-0.25, -0.2) is 4.39 Å². The summed E-state index contributed by atoms with van der Waals surface area (Å²) in [6, 6.07) is 4.94. The molecule has 1 aromatic carbocycles. The molecule has 0 aromatic heterocycles. The van der Waals surface area contributed by atoms with Gasteiger partial charge in [-0.15, -0.1) is 0 Å². The van der Waals surface area contributed by atoms with Crippen LogP contribution in [0.4, 0.5) is 10.1 Å². The number of nitrogens with one attached hydrogen (secondary N) is 1. The molecule has 2 nitrogen and oxygen atoms in total. The van der Waals surface area contributed by atoms with Crippen molar-refractivity contribution in [2.24, 2.45) is 0 Å². The molecule has 1 amide bonds. The van der Waals surface area contributed by atoms with Gasteiger partial charge in [-0.05, 0) is 30.5 Å². The number of rotatable bonds is 3. The Hall–Kier alpha value is -1.09. The van der Waals surface area contributed by atoms with Gasteiger partial charge in [0, 0.05) is 6.42 Å². The molecule has 0 heterocycles. The molecule has 0 atom stereocenters. The SMILES string of the molecule is CCC(=O)Nc1ccc(C2(F)CC2)cc1Cl. The second-order valence-electron chi connectivity index (χ2n) is 4.06. The number of hydrogen-bond acceptors (Lipinski definition) is 1. The number of amides is 1. The van der Waals surface area contributed by atoms with Crippen LogP contribution in [0.2, 0.25) is 5.02 Å². The van der Waals surface area contributed by atoms with Crippen LogP contribution in [0.5, 0.6) is 0 Å². The molecule has 0 aliphatic heterocycles. The van der Waals surface area contributed by atoms with E-state index >= 15 is 0 Å². The Morgan fingerprint density at radius 3 is 2.75 bits per heavy atom. The number of benzene rings is 1. The van der Waals surface area contributed by atoms with E-state index in [1.54, 1.807) is 25.1 Å². The van der Waals surface area contributed by atoms with Crippen molar-refractivity contribution in [3.8, 4) is 0 Å². The number of carbonyl (C=O) groups excluding carboxylic acids is 1. The first-order valence-corrected chi connectivity index (χ1v) is 5.72. The highest BCUT2D eigenvalue weighted by molar-refractivity contribution is 6.33. The second-order valence-corrected chi connectivity index (χ2v) is 4.47. The van der Waals surface area contributed by atoms with Gasteiger partial charge in [0.05, 0.1) is 10.7 Å². The Balaban J connectivity index is 2.20. The summed E-state index contributed by atoms with van der Waals surface area (Å²) in [6.07, 6.45) is 1.51. The Labute approximate surface area is 98.8 Å². The van der Waals surface area contributed by atoms with E-state index in [9.17, 15) is 9.18 Å². The summed E-state index contributed by atoms with van der Waals surface area (Å²) in [6.45, 7) is 1.76. The maximum Gasteiger partial charge on any atom is 0.224 e. The van der Waals surface area contributed by atoms with Crippen molar-refractivity contribution in [3.63, 3.8) is 0 Å². The molecule has 1 saturated carbocycles. The molecule has 1 aliphatic rings. The topological polar surface area (TPSA) is 29.1 Å². The summed E-state index contributed by atoms with van der Waals surface area (Å²) in [5, 5.41) is 3.06. The molecule has 0 unspecified atom stereocenters. The van der Waals surface area contributed by atoms with Crippen LogP contribution in [0.3, 0.4) is 0 Å². The lowest BCUT2D eigenvalue weighted by Crippen LogP contribution is -2.10. The first kappa shape index (κ1) is 11.4. The molecular formula is C12H13ClFNO. The van der Waals surface area contributed by atoms with Crippen LogP contribution in [0.25, 0.3) is 0 Å². The average Bonchev–Trinajstić information content (AvgIpc) is 3.00. The lowest BCUT2D eigenvalue weighted by atomic mass is 10.1. The van der Waals surface area contributed by atoms with Gasteiger partial charge in [-0.2, -0.15) is 0 Å². The van der Waals surface area contributed by atoms with Crippen LogP contribution in [0, 0.1) is 0 Å². The standard InChI is InChI=1S/C12H13ClFNO/c1-2-11(16)15-10-4-3-8(7-9(10)13)12(14)5-6-12/h3-4,7H,2,5-6H2,1H3,(H,15,16). The molecule has 1 aliphatic carbocycles. The van der Waals surface area contributed by atoms with Gasteiger partial charge in [0.2, 0.25) is 5.91 Å². The fraction of sp³-hybridized carbons (Fsp3) is 0.417. The second kappa shape index (κ2) is 4.06. The van der Waals surface area contributed by atoms with E-state index in [1.807, 2.05) is 0 Å². The van der Waals surface area contributed by atoms with Gasteiger partial charge in [-0.1, -0.05) is 24.6 Å². The monoisotopic (exact) mass is 241 g/mol. The van der Waals surface area contributed by atoms with Gasteiger partial charge in [0.15, 0.2) is 0 Å². The van der Waals surface area contributed by atoms with Crippen LogP contribution >= 0.6 is 11.6 Å². The number of alkyl halides is 1.